The Morgan fingerprint density at radius 2 is 2.29 bits per heavy atom. The highest BCUT2D eigenvalue weighted by molar-refractivity contribution is 9.10. The van der Waals surface area contributed by atoms with E-state index in [1.165, 1.54) is 0 Å². The molecule has 1 aromatic heterocycles. The molecule has 0 saturated heterocycles. The summed E-state index contributed by atoms with van der Waals surface area (Å²) < 4.78 is 6.73. The minimum absolute atomic E-state index is 0.463. The molecule has 5 heteroatoms. The fraction of sp³-hybridized carbons (Fsp3) is 0.250. The number of nitrogens with zero attached hydrogens (tertiary/aromatic N) is 1. The summed E-state index contributed by atoms with van der Waals surface area (Å²) in [5.41, 5.74) is 7.63. The molecule has 0 fully saturated rings. The average molecular weight is 313 g/mol. The van der Waals surface area contributed by atoms with Crippen LogP contribution in [0.3, 0.4) is 0 Å². The highest BCUT2D eigenvalue weighted by Gasteiger charge is 2.05. The molecule has 2 N–H and O–H groups in total. The first-order valence-electron chi connectivity index (χ1n) is 5.21. The third kappa shape index (κ3) is 3.28. The highest BCUT2D eigenvalue weighted by Crippen LogP contribution is 2.23. The van der Waals surface area contributed by atoms with E-state index in [4.69, 9.17) is 10.5 Å². The SMILES string of the molecule is Cc1nc(COc2ccc(Br)cc2CN)cs1. The van der Waals surface area contributed by atoms with Gasteiger partial charge in [-0.25, -0.2) is 4.98 Å². The lowest BCUT2D eigenvalue weighted by molar-refractivity contribution is 0.299. The minimum atomic E-state index is 0.463. The lowest BCUT2D eigenvalue weighted by Crippen LogP contribution is -2.03. The van der Waals surface area contributed by atoms with Crippen LogP contribution in [-0.4, -0.2) is 4.98 Å². The molecule has 1 aromatic carbocycles. The summed E-state index contributed by atoms with van der Waals surface area (Å²) in [6.07, 6.45) is 0. The zero-order valence-electron chi connectivity index (χ0n) is 9.44. The van der Waals surface area contributed by atoms with Crippen LogP contribution in [0.2, 0.25) is 0 Å². The molecule has 3 nitrogen and oxygen atoms in total. The highest BCUT2D eigenvalue weighted by atomic mass is 79.9. The maximum atomic E-state index is 5.73. The van der Waals surface area contributed by atoms with Gasteiger partial charge in [0.2, 0.25) is 0 Å². The Morgan fingerprint density at radius 3 is 2.94 bits per heavy atom. The van der Waals surface area contributed by atoms with Crippen molar-refractivity contribution in [2.45, 2.75) is 20.1 Å². The molecule has 0 atom stereocenters. The number of aromatic nitrogens is 1. The fourth-order valence-corrected chi connectivity index (χ4v) is 2.48. The Balaban J connectivity index is 2.08. The van der Waals surface area contributed by atoms with Gasteiger partial charge in [-0.05, 0) is 25.1 Å². The molecule has 0 saturated carbocycles. The third-order valence-corrected chi connectivity index (χ3v) is 3.60. The van der Waals surface area contributed by atoms with Crippen LogP contribution in [0.4, 0.5) is 0 Å². The number of rotatable bonds is 4. The second-order valence-electron chi connectivity index (χ2n) is 3.60. The standard InChI is InChI=1S/C12H13BrN2OS/c1-8-15-11(7-17-8)6-16-12-3-2-10(13)4-9(12)5-14/h2-4,7H,5-6,14H2,1H3. The van der Waals surface area contributed by atoms with Gasteiger partial charge < -0.3 is 10.5 Å². The van der Waals surface area contributed by atoms with Crippen molar-refractivity contribution in [1.82, 2.24) is 4.98 Å². The maximum Gasteiger partial charge on any atom is 0.131 e. The number of aryl methyl sites for hydroxylation is 1. The van der Waals surface area contributed by atoms with Gasteiger partial charge in [0.15, 0.2) is 0 Å². The van der Waals surface area contributed by atoms with Crippen LogP contribution in [0.25, 0.3) is 0 Å². The first-order chi connectivity index (χ1) is 8.19. The number of benzene rings is 1. The van der Waals surface area contributed by atoms with Crippen LogP contribution in [0.15, 0.2) is 28.1 Å². The normalized spacial score (nSPS) is 10.5. The van der Waals surface area contributed by atoms with Crippen LogP contribution < -0.4 is 10.5 Å². The molecule has 1 heterocycles. The Labute approximate surface area is 113 Å². The molecule has 0 aliphatic heterocycles. The summed E-state index contributed by atoms with van der Waals surface area (Å²) >= 11 is 5.04. The van der Waals surface area contributed by atoms with E-state index in [0.717, 1.165) is 26.5 Å². The van der Waals surface area contributed by atoms with Crippen LogP contribution >= 0.6 is 27.3 Å². The first-order valence-corrected chi connectivity index (χ1v) is 6.88. The van der Waals surface area contributed by atoms with Crippen molar-refractivity contribution in [3.63, 3.8) is 0 Å². The van der Waals surface area contributed by atoms with Gasteiger partial charge in [0.05, 0.1) is 10.7 Å². The van der Waals surface area contributed by atoms with Crippen LogP contribution in [-0.2, 0) is 13.2 Å². The predicted octanol–water partition coefficient (Wildman–Crippen LogP) is 3.25. The molecular formula is C12H13BrN2OS. The number of nitrogens with two attached hydrogens (primary N) is 1. The molecular weight excluding hydrogens is 300 g/mol. The molecule has 0 bridgehead atoms. The van der Waals surface area contributed by atoms with Gasteiger partial charge in [0.1, 0.15) is 12.4 Å². The largest absolute Gasteiger partial charge is 0.487 e. The summed E-state index contributed by atoms with van der Waals surface area (Å²) in [4.78, 5) is 4.35. The number of halogens is 1. The topological polar surface area (TPSA) is 48.1 Å². The quantitative estimate of drug-likeness (QED) is 0.942. The van der Waals surface area contributed by atoms with Gasteiger partial charge in [0.25, 0.3) is 0 Å². The van der Waals surface area contributed by atoms with Crippen molar-refractivity contribution < 1.29 is 4.74 Å². The van der Waals surface area contributed by atoms with Gasteiger partial charge in [-0.2, -0.15) is 0 Å². The zero-order valence-corrected chi connectivity index (χ0v) is 11.8. The van der Waals surface area contributed by atoms with E-state index < -0.39 is 0 Å². The number of thiazole rings is 1. The lowest BCUT2D eigenvalue weighted by atomic mass is 10.2. The second-order valence-corrected chi connectivity index (χ2v) is 5.58. The molecule has 0 aliphatic carbocycles. The smallest absolute Gasteiger partial charge is 0.131 e. The van der Waals surface area contributed by atoms with Crippen LogP contribution in [0, 0.1) is 6.92 Å². The fourth-order valence-electron chi connectivity index (χ4n) is 1.47. The Morgan fingerprint density at radius 1 is 1.47 bits per heavy atom. The van der Waals surface area contributed by atoms with Crippen LogP contribution in [0.1, 0.15) is 16.3 Å². The summed E-state index contributed by atoms with van der Waals surface area (Å²) in [5, 5.41) is 3.06. The molecule has 0 unspecified atom stereocenters. The Hall–Kier alpha value is -0.910. The van der Waals surface area contributed by atoms with Gasteiger partial charge in [0, 0.05) is 22.0 Å². The molecule has 90 valence electrons. The molecule has 0 aliphatic rings. The molecule has 0 radical (unpaired) electrons. The van der Waals surface area contributed by atoms with Gasteiger partial charge >= 0.3 is 0 Å². The van der Waals surface area contributed by atoms with E-state index in [9.17, 15) is 0 Å². The Kier molecular flexibility index (Phi) is 4.15. The number of hydrogen-bond acceptors (Lipinski definition) is 4. The summed E-state index contributed by atoms with van der Waals surface area (Å²) in [6, 6.07) is 5.84. The van der Waals surface area contributed by atoms with Crippen molar-refractivity contribution in [2.75, 3.05) is 0 Å². The molecule has 2 aromatic rings. The van der Waals surface area contributed by atoms with E-state index in [0.29, 0.717) is 13.2 Å². The summed E-state index contributed by atoms with van der Waals surface area (Å²) in [6.45, 7) is 2.93. The first kappa shape index (κ1) is 12.5. The monoisotopic (exact) mass is 312 g/mol. The van der Waals surface area contributed by atoms with Gasteiger partial charge in [-0.1, -0.05) is 15.9 Å². The van der Waals surface area contributed by atoms with Crippen molar-refractivity contribution >= 4 is 27.3 Å². The van der Waals surface area contributed by atoms with Gasteiger partial charge in [-0.15, -0.1) is 11.3 Å². The van der Waals surface area contributed by atoms with E-state index in [2.05, 4.69) is 20.9 Å². The van der Waals surface area contributed by atoms with E-state index in [-0.39, 0.29) is 0 Å². The molecule has 0 spiro atoms. The number of hydrogen-bond donors (Lipinski definition) is 1. The molecule has 2 rings (SSSR count). The second kappa shape index (κ2) is 5.62. The van der Waals surface area contributed by atoms with E-state index >= 15 is 0 Å². The Bertz CT molecular complexity index is 513. The maximum absolute atomic E-state index is 5.73. The number of ether oxygens (including phenoxy) is 1. The molecule has 17 heavy (non-hydrogen) atoms. The van der Waals surface area contributed by atoms with E-state index in [1.807, 2.05) is 30.5 Å². The predicted molar refractivity (Wildman–Crippen MR) is 73.2 cm³/mol. The van der Waals surface area contributed by atoms with Crippen molar-refractivity contribution in [2.24, 2.45) is 5.73 Å². The summed E-state index contributed by atoms with van der Waals surface area (Å²) in [5.74, 6) is 0.821. The minimum Gasteiger partial charge on any atom is -0.487 e. The van der Waals surface area contributed by atoms with Crippen molar-refractivity contribution in [3.05, 3.63) is 44.3 Å². The van der Waals surface area contributed by atoms with E-state index in [1.54, 1.807) is 11.3 Å². The zero-order chi connectivity index (χ0) is 12.3. The molecule has 0 amide bonds. The van der Waals surface area contributed by atoms with Crippen molar-refractivity contribution in [3.8, 4) is 5.75 Å². The third-order valence-electron chi connectivity index (χ3n) is 2.28. The van der Waals surface area contributed by atoms with Crippen LogP contribution in [0.5, 0.6) is 5.75 Å². The average Bonchev–Trinajstić information content (AvgIpc) is 2.73. The van der Waals surface area contributed by atoms with Crippen molar-refractivity contribution in [1.29, 1.82) is 0 Å². The lowest BCUT2D eigenvalue weighted by Gasteiger charge is -2.09. The van der Waals surface area contributed by atoms with Gasteiger partial charge in [-0.3, -0.25) is 0 Å². The summed E-state index contributed by atoms with van der Waals surface area (Å²) in [7, 11) is 0.